The molecule has 6 nitrogen and oxygen atoms in total. The summed E-state index contributed by atoms with van der Waals surface area (Å²) in [7, 11) is -1.75. The lowest BCUT2D eigenvalue weighted by Crippen LogP contribution is -2.41. The van der Waals surface area contributed by atoms with Crippen LogP contribution >= 0.6 is 0 Å². The molecule has 166 valence electrons. The summed E-state index contributed by atoms with van der Waals surface area (Å²) in [6, 6.07) is 12.3. The van der Waals surface area contributed by atoms with Gasteiger partial charge in [0.1, 0.15) is 0 Å². The molecular formula is C22H18F3N3O3S. The first-order chi connectivity index (χ1) is 15.3. The number of halogens is 3. The molecule has 1 atom stereocenters. The zero-order chi connectivity index (χ0) is 22.5. The van der Waals surface area contributed by atoms with Crippen LogP contribution in [0.25, 0.3) is 16.9 Å². The molecule has 2 aliphatic rings. The van der Waals surface area contributed by atoms with Crippen molar-refractivity contribution >= 4 is 16.7 Å². The van der Waals surface area contributed by atoms with Crippen LogP contribution in [0.3, 0.4) is 0 Å². The number of carbonyl (C=O) groups excluding carboxylic acids is 1. The number of fused-ring (bicyclic) bond motifs is 3. The Morgan fingerprint density at radius 3 is 2.47 bits per heavy atom. The molecule has 3 heterocycles. The second kappa shape index (κ2) is 7.86. The quantitative estimate of drug-likeness (QED) is 0.585. The molecular weight excluding hydrogens is 443 g/mol. The molecule has 0 aliphatic carbocycles. The Bertz CT molecular complexity index is 1220. The molecule has 32 heavy (non-hydrogen) atoms. The van der Waals surface area contributed by atoms with Crippen molar-refractivity contribution in [2.75, 3.05) is 26.3 Å². The van der Waals surface area contributed by atoms with Crippen molar-refractivity contribution in [3.63, 3.8) is 0 Å². The molecule has 1 fully saturated rings. The number of hydrogen-bond donors (Lipinski definition) is 0. The lowest BCUT2D eigenvalue weighted by Gasteiger charge is -2.26. The van der Waals surface area contributed by atoms with Crippen LogP contribution in [0, 0.1) is 0 Å². The van der Waals surface area contributed by atoms with Gasteiger partial charge in [0.25, 0.3) is 5.91 Å². The monoisotopic (exact) mass is 461 g/mol. The van der Waals surface area contributed by atoms with Gasteiger partial charge >= 0.3 is 6.18 Å². The summed E-state index contributed by atoms with van der Waals surface area (Å²) in [4.78, 5) is 15.0. The second-order valence-corrected chi connectivity index (χ2v) is 8.95. The molecule has 0 spiro atoms. The fraction of sp³-hybridized carbons (Fsp3) is 0.273. The number of carbonyl (C=O) groups is 1. The summed E-state index contributed by atoms with van der Waals surface area (Å²) >= 11 is 0. The molecule has 10 heteroatoms. The number of hydrogen-bond acceptors (Lipinski definition) is 4. The van der Waals surface area contributed by atoms with E-state index in [9.17, 15) is 22.2 Å². The van der Waals surface area contributed by atoms with Crippen LogP contribution in [0.1, 0.15) is 21.6 Å². The molecule has 2 aliphatic heterocycles. The van der Waals surface area contributed by atoms with Gasteiger partial charge in [-0.2, -0.15) is 18.3 Å². The molecule has 0 N–H and O–H groups in total. The van der Waals surface area contributed by atoms with Crippen molar-refractivity contribution in [1.29, 1.82) is 0 Å². The van der Waals surface area contributed by atoms with Crippen molar-refractivity contribution in [3.05, 3.63) is 65.4 Å². The summed E-state index contributed by atoms with van der Waals surface area (Å²) in [6.45, 7) is 1.67. The number of rotatable bonds is 2. The fourth-order valence-corrected chi connectivity index (χ4v) is 5.36. The standard InChI is InChI=1S/C22H18F3N3O3S/c23-22(24,25)14-6-7-16-18(12-14)32(30)13-17-19(21(29)27-8-10-31-11-9-27)26-28(20(16)17)15-4-2-1-3-5-15/h1-7,12H,8-11,13H2. The van der Waals surface area contributed by atoms with Gasteiger partial charge in [-0.05, 0) is 24.3 Å². The van der Waals surface area contributed by atoms with E-state index in [-0.39, 0.29) is 22.2 Å². The highest BCUT2D eigenvalue weighted by Crippen LogP contribution is 2.42. The highest BCUT2D eigenvalue weighted by Gasteiger charge is 2.37. The van der Waals surface area contributed by atoms with Gasteiger partial charge < -0.3 is 9.64 Å². The Kier molecular flexibility index (Phi) is 5.13. The molecule has 2 aromatic carbocycles. The minimum atomic E-state index is -4.54. The molecule has 1 amide bonds. The number of ether oxygens (including phenoxy) is 1. The van der Waals surface area contributed by atoms with Crippen LogP contribution in [0.2, 0.25) is 0 Å². The van der Waals surface area contributed by atoms with Gasteiger partial charge in [-0.1, -0.05) is 24.3 Å². The minimum absolute atomic E-state index is 0.0815. The normalized spacial score (nSPS) is 18.2. The number of para-hydroxylation sites is 1. The van der Waals surface area contributed by atoms with E-state index in [1.807, 2.05) is 18.2 Å². The van der Waals surface area contributed by atoms with Gasteiger partial charge in [0.05, 0.1) is 46.7 Å². The predicted molar refractivity (Wildman–Crippen MR) is 111 cm³/mol. The largest absolute Gasteiger partial charge is 0.416 e. The SMILES string of the molecule is O=C(c1nn(-c2ccccc2)c2c1CS(=O)c1cc(C(F)(F)F)ccc1-2)N1CCOCC1. The summed E-state index contributed by atoms with van der Waals surface area (Å²) in [5.41, 5.74) is 1.33. The minimum Gasteiger partial charge on any atom is -0.378 e. The predicted octanol–water partition coefficient (Wildman–Crippen LogP) is 3.65. The van der Waals surface area contributed by atoms with Crippen molar-refractivity contribution in [2.24, 2.45) is 0 Å². The van der Waals surface area contributed by atoms with E-state index in [0.29, 0.717) is 48.8 Å². The maximum absolute atomic E-state index is 13.3. The van der Waals surface area contributed by atoms with Gasteiger partial charge in [-0.3, -0.25) is 9.00 Å². The van der Waals surface area contributed by atoms with Crippen LogP contribution < -0.4 is 0 Å². The highest BCUT2D eigenvalue weighted by atomic mass is 32.2. The van der Waals surface area contributed by atoms with Crippen LogP contribution in [0.5, 0.6) is 0 Å². The third kappa shape index (κ3) is 3.53. The van der Waals surface area contributed by atoms with Gasteiger partial charge in [-0.25, -0.2) is 4.68 Å². The maximum atomic E-state index is 13.3. The molecule has 3 aromatic rings. The van der Waals surface area contributed by atoms with Crippen LogP contribution in [-0.4, -0.2) is 51.1 Å². The first kappa shape index (κ1) is 20.9. The third-order valence-corrected chi connectivity index (χ3v) is 6.95. The topological polar surface area (TPSA) is 64.4 Å². The van der Waals surface area contributed by atoms with E-state index in [4.69, 9.17) is 4.74 Å². The Morgan fingerprint density at radius 2 is 1.78 bits per heavy atom. The molecule has 0 radical (unpaired) electrons. The molecule has 5 rings (SSSR count). The number of amides is 1. The van der Waals surface area contributed by atoms with E-state index in [1.54, 1.807) is 21.7 Å². The van der Waals surface area contributed by atoms with Gasteiger partial charge in [0, 0.05) is 29.1 Å². The Hall–Kier alpha value is -2.98. The zero-order valence-corrected chi connectivity index (χ0v) is 17.6. The average Bonchev–Trinajstić information content (AvgIpc) is 3.18. The fourth-order valence-electron chi connectivity index (χ4n) is 4.00. The second-order valence-electron chi connectivity index (χ2n) is 7.53. The first-order valence-corrected chi connectivity index (χ1v) is 11.3. The van der Waals surface area contributed by atoms with Gasteiger partial charge in [-0.15, -0.1) is 0 Å². The van der Waals surface area contributed by atoms with E-state index in [1.165, 1.54) is 6.07 Å². The number of alkyl halides is 3. The summed E-state index contributed by atoms with van der Waals surface area (Å²) in [6.07, 6.45) is -4.54. The maximum Gasteiger partial charge on any atom is 0.416 e. The molecule has 0 bridgehead atoms. The Balaban J connectivity index is 1.71. The smallest absolute Gasteiger partial charge is 0.378 e. The van der Waals surface area contributed by atoms with Crippen LogP contribution in [0.15, 0.2) is 53.4 Å². The van der Waals surface area contributed by atoms with Crippen molar-refractivity contribution in [2.45, 2.75) is 16.8 Å². The van der Waals surface area contributed by atoms with Gasteiger partial charge in [0.15, 0.2) is 5.69 Å². The van der Waals surface area contributed by atoms with Crippen LogP contribution in [-0.2, 0) is 27.5 Å². The molecule has 1 aromatic heterocycles. The molecule has 1 saturated heterocycles. The number of benzene rings is 2. The number of nitrogens with zero attached hydrogens (tertiary/aromatic N) is 3. The number of aromatic nitrogens is 2. The molecule has 1 unspecified atom stereocenters. The van der Waals surface area contributed by atoms with Crippen molar-refractivity contribution < 1.29 is 26.9 Å². The van der Waals surface area contributed by atoms with E-state index in [2.05, 4.69) is 5.10 Å². The first-order valence-electron chi connectivity index (χ1n) is 9.99. The van der Waals surface area contributed by atoms with Gasteiger partial charge in [0.2, 0.25) is 0 Å². The van der Waals surface area contributed by atoms with Crippen molar-refractivity contribution in [3.8, 4) is 16.9 Å². The Morgan fingerprint density at radius 1 is 1.06 bits per heavy atom. The zero-order valence-electron chi connectivity index (χ0n) is 16.8. The van der Waals surface area contributed by atoms with E-state index >= 15 is 0 Å². The average molecular weight is 461 g/mol. The lowest BCUT2D eigenvalue weighted by molar-refractivity contribution is -0.137. The van der Waals surface area contributed by atoms with E-state index < -0.39 is 22.5 Å². The number of morpholine rings is 1. The Labute approximate surface area is 184 Å². The van der Waals surface area contributed by atoms with Crippen LogP contribution in [0.4, 0.5) is 13.2 Å². The molecule has 0 saturated carbocycles. The van der Waals surface area contributed by atoms with E-state index in [0.717, 1.165) is 12.1 Å². The summed E-state index contributed by atoms with van der Waals surface area (Å²) < 4.78 is 59.7. The lowest BCUT2D eigenvalue weighted by atomic mass is 10.0. The third-order valence-electron chi connectivity index (χ3n) is 5.57. The highest BCUT2D eigenvalue weighted by molar-refractivity contribution is 7.84. The summed E-state index contributed by atoms with van der Waals surface area (Å²) in [5, 5.41) is 4.57. The summed E-state index contributed by atoms with van der Waals surface area (Å²) in [5.74, 6) is -0.381. The van der Waals surface area contributed by atoms with Crippen molar-refractivity contribution in [1.82, 2.24) is 14.7 Å².